The van der Waals surface area contributed by atoms with Crippen LogP contribution in [-0.2, 0) is 4.57 Å². The molecule has 0 radical (unpaired) electrons. The van der Waals surface area contributed by atoms with E-state index in [0.29, 0.717) is 16.7 Å². The first-order valence-electron chi connectivity index (χ1n) is 5.97. The second kappa shape index (κ2) is 2.56. The third kappa shape index (κ3) is 0.820. The van der Waals surface area contributed by atoms with Crippen LogP contribution in [0, 0.1) is 5.41 Å². The fourth-order valence-corrected chi connectivity index (χ4v) is 8.56. The fraction of sp³-hybridized carbons (Fsp3) is 0.538. The van der Waals surface area contributed by atoms with E-state index in [1.165, 1.54) is 19.3 Å². The van der Waals surface area contributed by atoms with Gasteiger partial charge in [-0.05, 0) is 42.5 Å². The number of fused-ring (bicyclic) bond motifs is 3. The summed E-state index contributed by atoms with van der Waals surface area (Å²) >= 11 is 0. The lowest BCUT2D eigenvalue weighted by molar-refractivity contribution is 0.277. The highest BCUT2D eigenvalue weighted by molar-refractivity contribution is 7.82. The van der Waals surface area contributed by atoms with E-state index >= 15 is 0 Å². The summed E-state index contributed by atoms with van der Waals surface area (Å²) in [7, 11) is -0.273. The second-order valence-corrected chi connectivity index (χ2v) is 8.43. The van der Waals surface area contributed by atoms with Crippen LogP contribution >= 0.6 is 7.14 Å². The Balaban J connectivity index is 1.61. The molecule has 2 aliphatic carbocycles. The molecule has 0 aromatic heterocycles. The first-order valence-corrected chi connectivity index (χ1v) is 7.82. The number of benzene rings is 1. The van der Waals surface area contributed by atoms with Crippen molar-refractivity contribution in [3.8, 4) is 5.75 Å². The molecule has 3 aliphatic rings. The highest BCUT2D eigenvalue weighted by atomic mass is 31.2. The van der Waals surface area contributed by atoms with Crippen LogP contribution in [-0.4, -0.2) is 18.4 Å². The molecule has 1 saturated heterocycles. The summed E-state index contributed by atoms with van der Waals surface area (Å²) in [6.07, 6.45) is 4.03. The van der Waals surface area contributed by atoms with Crippen molar-refractivity contribution in [2.24, 2.45) is 5.41 Å². The van der Waals surface area contributed by atoms with E-state index in [1.807, 2.05) is 24.3 Å². The van der Waals surface area contributed by atoms with Gasteiger partial charge in [-0.15, -0.1) is 0 Å². The van der Waals surface area contributed by atoms with Crippen LogP contribution in [0.3, 0.4) is 0 Å². The molecule has 84 valence electrons. The van der Waals surface area contributed by atoms with Gasteiger partial charge in [0.25, 0.3) is 0 Å². The predicted octanol–water partition coefficient (Wildman–Crippen LogP) is 2.62. The minimum absolute atomic E-state index is 0.565. The van der Waals surface area contributed by atoms with E-state index in [4.69, 9.17) is 4.74 Å². The Morgan fingerprint density at radius 1 is 1.25 bits per heavy atom. The fourth-order valence-electron chi connectivity index (χ4n) is 3.76. The molecule has 0 N–H and O–H groups in total. The Hall–Kier alpha value is -0.750. The highest BCUT2D eigenvalue weighted by Crippen LogP contribution is 2.99. The summed E-state index contributed by atoms with van der Waals surface area (Å²) in [6, 6.07) is 7.86. The summed E-state index contributed by atoms with van der Waals surface area (Å²) in [5.41, 5.74) is 1.71. The van der Waals surface area contributed by atoms with E-state index in [9.17, 15) is 4.57 Å². The van der Waals surface area contributed by atoms with Crippen molar-refractivity contribution in [3.63, 3.8) is 0 Å². The predicted molar refractivity (Wildman–Crippen MR) is 64.1 cm³/mol. The van der Waals surface area contributed by atoms with Crippen LogP contribution in [0.1, 0.15) is 19.3 Å². The monoisotopic (exact) mass is 234 g/mol. The lowest BCUT2D eigenvalue weighted by atomic mass is 9.81. The summed E-state index contributed by atoms with van der Waals surface area (Å²) in [6.45, 7) is 0. The molecule has 0 amide bonds. The standard InChI is InChI=1S/C13H15O2P/c1-15-9-3-5-10(6-4-9)16(14)11-12(16)13(11)7-2-8-13/h3-6,11-12H,2,7-8H2,1H3. The Bertz CT molecular complexity index is 485. The zero-order chi connectivity index (χ0) is 11.0. The minimum Gasteiger partial charge on any atom is -0.497 e. The van der Waals surface area contributed by atoms with Gasteiger partial charge < -0.3 is 9.30 Å². The van der Waals surface area contributed by atoms with Gasteiger partial charge in [-0.1, -0.05) is 6.42 Å². The molecule has 1 aliphatic heterocycles. The average Bonchev–Trinajstić information content (AvgIpc) is 3.13. The van der Waals surface area contributed by atoms with Gasteiger partial charge in [0.05, 0.1) is 7.11 Å². The molecule has 1 spiro atoms. The van der Waals surface area contributed by atoms with Crippen LogP contribution in [0.4, 0.5) is 0 Å². The molecule has 2 saturated carbocycles. The van der Waals surface area contributed by atoms with Gasteiger partial charge in [0.1, 0.15) is 12.9 Å². The van der Waals surface area contributed by atoms with E-state index in [-0.39, 0.29) is 0 Å². The van der Waals surface area contributed by atoms with Crippen LogP contribution < -0.4 is 10.0 Å². The molecule has 2 unspecified atom stereocenters. The maximum atomic E-state index is 12.7. The van der Waals surface area contributed by atoms with Gasteiger partial charge in [-0.25, -0.2) is 0 Å². The number of methoxy groups -OCH3 is 1. The van der Waals surface area contributed by atoms with Crippen molar-refractivity contribution in [3.05, 3.63) is 24.3 Å². The molecule has 4 rings (SSSR count). The largest absolute Gasteiger partial charge is 0.497 e. The summed E-state index contributed by atoms with van der Waals surface area (Å²) in [4.78, 5) is 0. The van der Waals surface area contributed by atoms with Crippen LogP contribution in [0.5, 0.6) is 5.75 Å². The van der Waals surface area contributed by atoms with Gasteiger partial charge in [0.15, 0.2) is 0 Å². The van der Waals surface area contributed by atoms with Crippen molar-refractivity contribution in [2.45, 2.75) is 30.6 Å². The third-order valence-electron chi connectivity index (χ3n) is 4.87. The molecule has 0 bridgehead atoms. The van der Waals surface area contributed by atoms with Gasteiger partial charge in [0, 0.05) is 16.6 Å². The lowest BCUT2D eigenvalue weighted by Crippen LogP contribution is -2.26. The minimum atomic E-state index is -1.93. The van der Waals surface area contributed by atoms with Gasteiger partial charge >= 0.3 is 0 Å². The van der Waals surface area contributed by atoms with Crippen molar-refractivity contribution >= 4 is 12.4 Å². The zero-order valence-electron chi connectivity index (χ0n) is 9.35. The molecule has 3 fully saturated rings. The van der Waals surface area contributed by atoms with Gasteiger partial charge in [-0.2, -0.15) is 0 Å². The smallest absolute Gasteiger partial charge is 0.124 e. The Kier molecular flexibility index (Phi) is 1.49. The maximum absolute atomic E-state index is 12.7. The Morgan fingerprint density at radius 2 is 1.88 bits per heavy atom. The summed E-state index contributed by atoms with van der Waals surface area (Å²) in [5.74, 6) is 0.851. The average molecular weight is 234 g/mol. The quantitative estimate of drug-likeness (QED) is 0.735. The lowest BCUT2D eigenvalue weighted by Gasteiger charge is -2.34. The first kappa shape index (κ1) is 9.30. The van der Waals surface area contributed by atoms with E-state index in [2.05, 4.69) is 0 Å². The van der Waals surface area contributed by atoms with Crippen molar-refractivity contribution in [2.75, 3.05) is 7.11 Å². The molecule has 2 nitrogen and oxygen atoms in total. The maximum Gasteiger partial charge on any atom is 0.124 e. The van der Waals surface area contributed by atoms with Crippen molar-refractivity contribution in [1.29, 1.82) is 0 Å². The third-order valence-corrected chi connectivity index (χ3v) is 8.90. The first-order chi connectivity index (χ1) is 7.73. The number of hydrogen-bond acceptors (Lipinski definition) is 2. The summed E-state index contributed by atoms with van der Waals surface area (Å²) in [5, 5.41) is 1.08. The van der Waals surface area contributed by atoms with Crippen LogP contribution in [0.2, 0.25) is 0 Å². The summed E-state index contributed by atoms with van der Waals surface area (Å²) < 4.78 is 17.8. The Morgan fingerprint density at radius 3 is 2.31 bits per heavy atom. The number of rotatable bonds is 2. The zero-order valence-corrected chi connectivity index (χ0v) is 10.2. The SMILES string of the molecule is COc1ccc(P2(=O)C3C2C32CCC2)cc1. The van der Waals surface area contributed by atoms with Gasteiger partial charge in [-0.3, -0.25) is 0 Å². The van der Waals surface area contributed by atoms with Gasteiger partial charge in [0.2, 0.25) is 0 Å². The number of hydrogen-bond donors (Lipinski definition) is 0. The van der Waals surface area contributed by atoms with E-state index in [1.54, 1.807) is 7.11 Å². The van der Waals surface area contributed by atoms with Crippen LogP contribution in [0.25, 0.3) is 0 Å². The normalized spacial score (nSPS) is 41.1. The molecular formula is C13H15O2P. The van der Waals surface area contributed by atoms with Crippen LogP contribution in [0.15, 0.2) is 24.3 Å². The molecule has 2 atom stereocenters. The molecular weight excluding hydrogens is 219 g/mol. The second-order valence-electron chi connectivity index (χ2n) is 5.38. The number of ether oxygens (including phenoxy) is 1. The highest BCUT2D eigenvalue weighted by Gasteiger charge is 2.92. The van der Waals surface area contributed by atoms with E-state index in [0.717, 1.165) is 11.1 Å². The molecule has 16 heavy (non-hydrogen) atoms. The van der Waals surface area contributed by atoms with Crippen molar-refractivity contribution in [1.82, 2.24) is 0 Å². The topological polar surface area (TPSA) is 26.3 Å². The Labute approximate surface area is 95.4 Å². The molecule has 1 aromatic carbocycles. The molecule has 1 heterocycles. The molecule has 3 heteroatoms. The van der Waals surface area contributed by atoms with Crippen molar-refractivity contribution < 1.29 is 9.30 Å². The van der Waals surface area contributed by atoms with E-state index < -0.39 is 7.14 Å². The molecule has 1 aromatic rings.